The smallest absolute Gasteiger partial charge is 0.245 e. The number of hydrogen-bond donors (Lipinski definition) is 2. The van der Waals surface area contributed by atoms with E-state index < -0.39 is 11.2 Å². The van der Waals surface area contributed by atoms with E-state index in [9.17, 15) is 4.21 Å². The molecule has 0 spiro atoms. The Kier molecular flexibility index (Phi) is 2.59. The highest BCUT2D eigenvalue weighted by Crippen LogP contribution is 2.29. The molecular formula is C9H11N3O2S. The van der Waals surface area contributed by atoms with Crippen LogP contribution < -0.4 is 15.2 Å². The van der Waals surface area contributed by atoms with E-state index in [1.807, 2.05) is 13.0 Å². The molecule has 0 bridgehead atoms. The predicted octanol–water partition coefficient (Wildman–Crippen LogP) is 0.795. The molecule has 0 aliphatic carbocycles. The molecule has 6 heteroatoms. The maximum atomic E-state index is 11.2. The van der Waals surface area contributed by atoms with Crippen LogP contribution >= 0.6 is 0 Å². The number of nitrogens with zero attached hydrogens (tertiary/aromatic N) is 1. The first-order valence-corrected chi connectivity index (χ1v) is 5.62. The fraction of sp³-hybridized carbons (Fsp3) is 0.222. The Balaban J connectivity index is 2.53. The normalized spacial score (nSPS) is 18.7. The monoisotopic (exact) mass is 225 g/mol. The van der Waals surface area contributed by atoms with Crippen LogP contribution in [0.3, 0.4) is 0 Å². The molecule has 1 aliphatic rings. The zero-order valence-corrected chi connectivity index (χ0v) is 9.00. The van der Waals surface area contributed by atoms with Crippen LogP contribution in [0, 0.1) is 0 Å². The van der Waals surface area contributed by atoms with E-state index in [2.05, 4.69) is 9.12 Å². The molecule has 3 N–H and O–H groups in total. The van der Waals surface area contributed by atoms with Crippen molar-refractivity contribution in [2.75, 3.05) is 11.3 Å². The topological polar surface area (TPSA) is 76.7 Å². The van der Waals surface area contributed by atoms with Gasteiger partial charge in [-0.15, -0.1) is 0 Å². The highest BCUT2D eigenvalue weighted by Gasteiger charge is 2.19. The Bertz CT molecular complexity index is 445. The maximum Gasteiger partial charge on any atom is 0.245 e. The molecule has 5 nitrogen and oxygen atoms in total. The van der Waals surface area contributed by atoms with Crippen molar-refractivity contribution in [1.29, 1.82) is 0 Å². The van der Waals surface area contributed by atoms with Crippen molar-refractivity contribution < 1.29 is 8.95 Å². The van der Waals surface area contributed by atoms with Crippen molar-refractivity contribution in [2.45, 2.75) is 6.92 Å². The Morgan fingerprint density at radius 3 is 3.13 bits per heavy atom. The van der Waals surface area contributed by atoms with E-state index in [-0.39, 0.29) is 5.84 Å². The SMILES string of the molecule is CCOc1cccc2c1C(N)=NS(=O)N2. The van der Waals surface area contributed by atoms with Crippen LogP contribution in [0.4, 0.5) is 5.69 Å². The molecule has 1 aromatic carbocycles. The number of nitrogens with two attached hydrogens (primary N) is 1. The van der Waals surface area contributed by atoms with Crippen molar-refractivity contribution in [3.63, 3.8) is 0 Å². The van der Waals surface area contributed by atoms with Gasteiger partial charge in [0, 0.05) is 0 Å². The second kappa shape index (κ2) is 3.90. The van der Waals surface area contributed by atoms with Gasteiger partial charge < -0.3 is 10.5 Å². The van der Waals surface area contributed by atoms with Gasteiger partial charge in [-0.2, -0.15) is 4.40 Å². The second-order valence-corrected chi connectivity index (χ2v) is 3.82. The van der Waals surface area contributed by atoms with Crippen molar-refractivity contribution in [2.24, 2.45) is 10.1 Å². The van der Waals surface area contributed by atoms with Crippen LogP contribution in [0.25, 0.3) is 0 Å². The first-order valence-electron chi connectivity index (χ1n) is 4.51. The largest absolute Gasteiger partial charge is 0.493 e. The maximum absolute atomic E-state index is 11.2. The Hall–Kier alpha value is -1.56. The fourth-order valence-electron chi connectivity index (χ4n) is 1.41. The summed E-state index contributed by atoms with van der Waals surface area (Å²) in [5.41, 5.74) is 7.07. The average Bonchev–Trinajstić information content (AvgIpc) is 2.17. The molecule has 0 saturated heterocycles. The van der Waals surface area contributed by atoms with Gasteiger partial charge in [-0.3, -0.25) is 4.72 Å². The van der Waals surface area contributed by atoms with Crippen LogP contribution in [-0.4, -0.2) is 16.7 Å². The van der Waals surface area contributed by atoms with E-state index in [0.29, 0.717) is 23.6 Å². The molecule has 2 rings (SSSR count). The quantitative estimate of drug-likeness (QED) is 0.781. The van der Waals surface area contributed by atoms with Gasteiger partial charge in [-0.1, -0.05) is 6.07 Å². The minimum atomic E-state index is -1.49. The van der Waals surface area contributed by atoms with Crippen LogP contribution in [0.5, 0.6) is 5.75 Å². The minimum absolute atomic E-state index is 0.242. The average molecular weight is 225 g/mol. The van der Waals surface area contributed by atoms with Gasteiger partial charge in [0.2, 0.25) is 11.2 Å². The van der Waals surface area contributed by atoms with E-state index in [4.69, 9.17) is 10.5 Å². The zero-order valence-electron chi connectivity index (χ0n) is 8.19. The summed E-state index contributed by atoms with van der Waals surface area (Å²) in [6.07, 6.45) is 0. The third-order valence-corrected chi connectivity index (χ3v) is 2.72. The van der Waals surface area contributed by atoms with Crippen LogP contribution in [0.15, 0.2) is 22.6 Å². The van der Waals surface area contributed by atoms with Crippen LogP contribution in [0.1, 0.15) is 12.5 Å². The van der Waals surface area contributed by atoms with Gasteiger partial charge >= 0.3 is 0 Å². The van der Waals surface area contributed by atoms with Crippen molar-refractivity contribution >= 4 is 22.7 Å². The summed E-state index contributed by atoms with van der Waals surface area (Å²) in [7, 11) is 0. The number of fused-ring (bicyclic) bond motifs is 1. The summed E-state index contributed by atoms with van der Waals surface area (Å²) >= 11 is -1.49. The summed E-state index contributed by atoms with van der Waals surface area (Å²) in [5.74, 6) is 0.895. The van der Waals surface area contributed by atoms with Crippen molar-refractivity contribution in [3.05, 3.63) is 23.8 Å². The molecule has 1 unspecified atom stereocenters. The Morgan fingerprint density at radius 2 is 2.40 bits per heavy atom. The number of benzene rings is 1. The first kappa shape index (κ1) is 9.97. The summed E-state index contributed by atoms with van der Waals surface area (Å²) in [5, 5.41) is 0. The van der Waals surface area contributed by atoms with Gasteiger partial charge in [0.05, 0.1) is 17.9 Å². The molecule has 1 aliphatic heterocycles. The fourth-order valence-corrected chi connectivity index (χ4v) is 2.08. The number of nitrogens with one attached hydrogen (secondary N) is 1. The molecule has 0 amide bonds. The van der Waals surface area contributed by atoms with Gasteiger partial charge in [0.25, 0.3) is 0 Å². The summed E-state index contributed by atoms with van der Waals surface area (Å²) in [6, 6.07) is 5.41. The second-order valence-electron chi connectivity index (χ2n) is 2.94. The van der Waals surface area contributed by atoms with Crippen molar-refractivity contribution in [1.82, 2.24) is 0 Å². The first-order chi connectivity index (χ1) is 7.22. The van der Waals surface area contributed by atoms with E-state index in [1.54, 1.807) is 12.1 Å². The number of anilines is 1. The van der Waals surface area contributed by atoms with E-state index in [0.717, 1.165) is 0 Å². The Morgan fingerprint density at radius 1 is 1.60 bits per heavy atom. The molecule has 1 aromatic rings. The highest BCUT2D eigenvalue weighted by molar-refractivity contribution is 7.85. The summed E-state index contributed by atoms with van der Waals surface area (Å²) in [6.45, 7) is 2.44. The lowest BCUT2D eigenvalue weighted by Crippen LogP contribution is -2.23. The standard InChI is InChI=1S/C9H11N3O2S/c1-2-14-7-5-3-4-6-8(7)9(10)12-15(13)11-6/h3-5,11H,2H2,1H3,(H2,10,12). The third kappa shape index (κ3) is 1.80. The number of hydrogen-bond acceptors (Lipinski definition) is 3. The van der Waals surface area contributed by atoms with Gasteiger partial charge in [0.15, 0.2) is 0 Å². The zero-order chi connectivity index (χ0) is 10.8. The number of ether oxygens (including phenoxy) is 1. The molecule has 0 saturated carbocycles. The van der Waals surface area contributed by atoms with Crippen LogP contribution in [-0.2, 0) is 11.2 Å². The number of amidine groups is 1. The lowest BCUT2D eigenvalue weighted by atomic mass is 10.1. The molecule has 1 atom stereocenters. The summed E-state index contributed by atoms with van der Waals surface area (Å²) < 4.78 is 23.1. The molecular weight excluding hydrogens is 214 g/mol. The predicted molar refractivity (Wildman–Crippen MR) is 60.1 cm³/mol. The molecule has 80 valence electrons. The lowest BCUT2D eigenvalue weighted by molar-refractivity contribution is 0.340. The summed E-state index contributed by atoms with van der Waals surface area (Å²) in [4.78, 5) is 0. The van der Waals surface area contributed by atoms with Gasteiger partial charge in [-0.25, -0.2) is 4.21 Å². The number of rotatable bonds is 2. The molecule has 1 heterocycles. The molecule has 15 heavy (non-hydrogen) atoms. The molecule has 0 radical (unpaired) electrons. The molecule has 0 aromatic heterocycles. The van der Waals surface area contributed by atoms with E-state index >= 15 is 0 Å². The third-order valence-electron chi connectivity index (χ3n) is 1.96. The highest BCUT2D eigenvalue weighted by atomic mass is 32.2. The minimum Gasteiger partial charge on any atom is -0.493 e. The molecule has 0 fully saturated rings. The van der Waals surface area contributed by atoms with Crippen LogP contribution in [0.2, 0.25) is 0 Å². The Labute approximate surface area is 90.1 Å². The van der Waals surface area contributed by atoms with Crippen molar-refractivity contribution in [3.8, 4) is 5.75 Å². The van der Waals surface area contributed by atoms with Gasteiger partial charge in [0.1, 0.15) is 11.6 Å². The lowest BCUT2D eigenvalue weighted by Gasteiger charge is -2.17. The van der Waals surface area contributed by atoms with Gasteiger partial charge in [-0.05, 0) is 19.1 Å². The van der Waals surface area contributed by atoms with E-state index in [1.165, 1.54) is 0 Å².